The number of hydrogen-bond donors (Lipinski definition) is 0. The molecule has 1 saturated carbocycles. The Morgan fingerprint density at radius 1 is 1.31 bits per heavy atom. The molecule has 0 aliphatic heterocycles. The van der Waals surface area contributed by atoms with E-state index in [1.54, 1.807) is 0 Å². The Morgan fingerprint density at radius 3 is 2.75 bits per heavy atom. The van der Waals surface area contributed by atoms with Crippen molar-refractivity contribution in [2.45, 2.75) is 25.7 Å². The second kappa shape index (κ2) is 3.67. The van der Waals surface area contributed by atoms with Gasteiger partial charge in [0.05, 0.1) is 5.52 Å². The first kappa shape index (κ1) is 10.5. The molecule has 3 rings (SSSR count). The van der Waals surface area contributed by atoms with Gasteiger partial charge in [-0.1, -0.05) is 27.5 Å². The molecule has 1 aliphatic rings. The topological polar surface area (TPSA) is 25.8 Å². The number of rotatable bonds is 1. The smallest absolute Gasteiger partial charge is 0.140 e. The standard InChI is InChI=1S/C12H10BrClN2/c1-6-9(13)5-4-8-10(6)15-12(7-2-3-7)16-11(8)14/h4-5,7H,2-3H2,1H3. The van der Waals surface area contributed by atoms with Gasteiger partial charge in [0.15, 0.2) is 0 Å². The van der Waals surface area contributed by atoms with E-state index in [4.69, 9.17) is 11.6 Å². The third kappa shape index (κ3) is 1.62. The fourth-order valence-electron chi connectivity index (χ4n) is 1.81. The lowest BCUT2D eigenvalue weighted by Gasteiger charge is -2.07. The van der Waals surface area contributed by atoms with Gasteiger partial charge in [0, 0.05) is 15.8 Å². The fraction of sp³-hybridized carbons (Fsp3) is 0.333. The van der Waals surface area contributed by atoms with Crippen LogP contribution in [0.5, 0.6) is 0 Å². The van der Waals surface area contributed by atoms with Crippen LogP contribution in [0, 0.1) is 6.92 Å². The number of aromatic nitrogens is 2. The van der Waals surface area contributed by atoms with Crippen molar-refractivity contribution in [2.24, 2.45) is 0 Å². The molecule has 2 aromatic rings. The van der Waals surface area contributed by atoms with E-state index < -0.39 is 0 Å². The minimum atomic E-state index is 0.528. The summed E-state index contributed by atoms with van der Waals surface area (Å²) in [5.74, 6) is 1.43. The Balaban J connectivity index is 2.33. The summed E-state index contributed by atoms with van der Waals surface area (Å²) in [6.45, 7) is 2.05. The quantitative estimate of drug-likeness (QED) is 0.736. The molecule has 0 spiro atoms. The van der Waals surface area contributed by atoms with Crippen molar-refractivity contribution in [1.29, 1.82) is 0 Å². The molecular weight excluding hydrogens is 288 g/mol. The first-order chi connectivity index (χ1) is 7.66. The number of halogens is 2. The van der Waals surface area contributed by atoms with Crippen LogP contribution in [0.3, 0.4) is 0 Å². The first-order valence-corrected chi connectivity index (χ1v) is 6.46. The Bertz CT molecular complexity index is 579. The average Bonchev–Trinajstić information content (AvgIpc) is 3.07. The second-order valence-corrected chi connectivity index (χ2v) is 5.43. The van der Waals surface area contributed by atoms with E-state index in [0.29, 0.717) is 11.1 Å². The molecule has 1 aliphatic carbocycles. The van der Waals surface area contributed by atoms with E-state index in [1.165, 1.54) is 12.8 Å². The van der Waals surface area contributed by atoms with Gasteiger partial charge in [-0.2, -0.15) is 0 Å². The maximum Gasteiger partial charge on any atom is 0.140 e. The molecule has 0 radical (unpaired) electrons. The van der Waals surface area contributed by atoms with E-state index >= 15 is 0 Å². The lowest BCUT2D eigenvalue weighted by molar-refractivity contribution is 0.946. The minimum absolute atomic E-state index is 0.528. The molecule has 1 fully saturated rings. The Labute approximate surface area is 107 Å². The highest BCUT2D eigenvalue weighted by Gasteiger charge is 2.27. The highest BCUT2D eigenvalue weighted by Crippen LogP contribution is 2.40. The minimum Gasteiger partial charge on any atom is -0.232 e. The van der Waals surface area contributed by atoms with Gasteiger partial charge in [-0.25, -0.2) is 9.97 Å². The van der Waals surface area contributed by atoms with Crippen molar-refractivity contribution >= 4 is 38.4 Å². The SMILES string of the molecule is Cc1c(Br)ccc2c(Cl)nc(C3CC3)nc12. The number of nitrogens with zero attached hydrogens (tertiary/aromatic N) is 2. The lowest BCUT2D eigenvalue weighted by Crippen LogP contribution is -1.96. The van der Waals surface area contributed by atoms with E-state index in [-0.39, 0.29) is 0 Å². The molecule has 4 heteroatoms. The van der Waals surface area contributed by atoms with Crippen LogP contribution in [-0.4, -0.2) is 9.97 Å². The van der Waals surface area contributed by atoms with Crippen LogP contribution in [0.15, 0.2) is 16.6 Å². The zero-order chi connectivity index (χ0) is 11.3. The van der Waals surface area contributed by atoms with Gasteiger partial charge in [0.1, 0.15) is 11.0 Å². The highest BCUT2D eigenvalue weighted by atomic mass is 79.9. The van der Waals surface area contributed by atoms with Crippen molar-refractivity contribution in [3.8, 4) is 0 Å². The van der Waals surface area contributed by atoms with Crippen molar-refractivity contribution < 1.29 is 0 Å². The van der Waals surface area contributed by atoms with Crippen LogP contribution < -0.4 is 0 Å². The van der Waals surface area contributed by atoms with E-state index in [2.05, 4.69) is 25.9 Å². The van der Waals surface area contributed by atoms with Gasteiger partial charge < -0.3 is 0 Å². The van der Waals surface area contributed by atoms with Gasteiger partial charge >= 0.3 is 0 Å². The van der Waals surface area contributed by atoms with Gasteiger partial charge in [0.25, 0.3) is 0 Å². The van der Waals surface area contributed by atoms with Gasteiger partial charge in [-0.3, -0.25) is 0 Å². The number of benzene rings is 1. The molecule has 0 atom stereocenters. The molecule has 0 saturated heterocycles. The molecule has 82 valence electrons. The van der Waals surface area contributed by atoms with Crippen molar-refractivity contribution in [2.75, 3.05) is 0 Å². The zero-order valence-corrected chi connectivity index (χ0v) is 11.1. The molecule has 1 heterocycles. The van der Waals surface area contributed by atoms with E-state index in [9.17, 15) is 0 Å². The Hall–Kier alpha value is -0.670. The molecule has 0 N–H and O–H groups in total. The predicted molar refractivity (Wildman–Crippen MR) is 69.0 cm³/mol. The van der Waals surface area contributed by atoms with Gasteiger partial charge in [-0.15, -0.1) is 0 Å². The van der Waals surface area contributed by atoms with E-state index in [0.717, 1.165) is 26.8 Å². The number of aryl methyl sites for hydroxylation is 1. The van der Waals surface area contributed by atoms with Crippen LogP contribution in [0.2, 0.25) is 5.15 Å². The third-order valence-corrected chi connectivity index (χ3v) is 4.12. The summed E-state index contributed by atoms with van der Waals surface area (Å²) in [6, 6.07) is 3.95. The summed E-state index contributed by atoms with van der Waals surface area (Å²) in [5, 5.41) is 1.51. The highest BCUT2D eigenvalue weighted by molar-refractivity contribution is 9.10. The van der Waals surface area contributed by atoms with Crippen LogP contribution in [0.1, 0.15) is 30.1 Å². The molecule has 0 bridgehead atoms. The average molecular weight is 298 g/mol. The molecular formula is C12H10BrClN2. The fourth-order valence-corrected chi connectivity index (χ4v) is 2.37. The number of hydrogen-bond acceptors (Lipinski definition) is 2. The van der Waals surface area contributed by atoms with Crippen molar-refractivity contribution in [3.05, 3.63) is 33.1 Å². The summed E-state index contributed by atoms with van der Waals surface area (Å²) in [5.41, 5.74) is 2.10. The predicted octanol–water partition coefficient (Wildman–Crippen LogP) is 4.23. The van der Waals surface area contributed by atoms with Crippen molar-refractivity contribution in [3.63, 3.8) is 0 Å². The Morgan fingerprint density at radius 2 is 2.06 bits per heavy atom. The third-order valence-electron chi connectivity index (χ3n) is 2.97. The van der Waals surface area contributed by atoms with Crippen molar-refractivity contribution in [1.82, 2.24) is 9.97 Å². The molecule has 2 nitrogen and oxygen atoms in total. The van der Waals surface area contributed by atoms with E-state index in [1.807, 2.05) is 19.1 Å². The second-order valence-electron chi connectivity index (χ2n) is 4.22. The molecule has 16 heavy (non-hydrogen) atoms. The first-order valence-electron chi connectivity index (χ1n) is 5.29. The monoisotopic (exact) mass is 296 g/mol. The summed E-state index contributed by atoms with van der Waals surface area (Å²) in [4.78, 5) is 9.01. The summed E-state index contributed by atoms with van der Waals surface area (Å²) < 4.78 is 1.07. The van der Waals surface area contributed by atoms with Crippen LogP contribution in [0.4, 0.5) is 0 Å². The summed E-state index contributed by atoms with van der Waals surface area (Å²) >= 11 is 9.71. The Kier molecular flexibility index (Phi) is 2.41. The zero-order valence-electron chi connectivity index (χ0n) is 8.80. The molecule has 1 aromatic carbocycles. The maximum atomic E-state index is 6.19. The normalized spacial score (nSPS) is 15.7. The van der Waals surface area contributed by atoms with Crippen LogP contribution in [-0.2, 0) is 0 Å². The van der Waals surface area contributed by atoms with Crippen LogP contribution >= 0.6 is 27.5 Å². The lowest BCUT2D eigenvalue weighted by atomic mass is 10.1. The van der Waals surface area contributed by atoms with Gasteiger partial charge in [0.2, 0.25) is 0 Å². The summed E-state index contributed by atoms with van der Waals surface area (Å²) in [6.07, 6.45) is 2.38. The largest absolute Gasteiger partial charge is 0.232 e. The molecule has 1 aromatic heterocycles. The molecule has 0 unspecified atom stereocenters. The maximum absolute atomic E-state index is 6.19. The summed E-state index contributed by atoms with van der Waals surface area (Å²) in [7, 11) is 0. The number of fused-ring (bicyclic) bond motifs is 1. The van der Waals surface area contributed by atoms with Gasteiger partial charge in [-0.05, 0) is 37.5 Å². The van der Waals surface area contributed by atoms with Crippen LogP contribution in [0.25, 0.3) is 10.9 Å². The molecule has 0 amide bonds.